The van der Waals surface area contributed by atoms with Gasteiger partial charge in [-0.05, 0) is 24.3 Å². The van der Waals surface area contributed by atoms with Gasteiger partial charge in [0.05, 0.1) is 10.6 Å². The van der Waals surface area contributed by atoms with Gasteiger partial charge in [-0.1, -0.05) is 35.1 Å². The van der Waals surface area contributed by atoms with Crippen LogP contribution in [0.5, 0.6) is 0 Å². The van der Waals surface area contributed by atoms with Crippen LogP contribution in [0.2, 0.25) is 5.02 Å². The van der Waals surface area contributed by atoms with Gasteiger partial charge in [0, 0.05) is 18.0 Å². The molecular formula is C14H9ClN4OS. The van der Waals surface area contributed by atoms with Crippen molar-refractivity contribution in [1.29, 1.82) is 0 Å². The number of benzene rings is 1. The number of hydrogen-bond donors (Lipinski definition) is 1. The van der Waals surface area contributed by atoms with Crippen LogP contribution in [-0.2, 0) is 0 Å². The summed E-state index contributed by atoms with van der Waals surface area (Å²) >= 11 is 7.28. The molecule has 1 amide bonds. The third-order valence-electron chi connectivity index (χ3n) is 2.69. The Labute approximate surface area is 129 Å². The molecule has 2 heterocycles. The zero-order chi connectivity index (χ0) is 14.7. The standard InChI is InChI=1S/C14H9ClN4OS/c15-11-4-2-1-3-10(11)12(20)17-14-19-18-13(21-14)9-5-7-16-8-6-9/h1-8H,(H,17,19,20). The highest BCUT2D eigenvalue weighted by Crippen LogP contribution is 2.26. The maximum Gasteiger partial charge on any atom is 0.259 e. The van der Waals surface area contributed by atoms with Crippen LogP contribution in [0.1, 0.15) is 10.4 Å². The largest absolute Gasteiger partial charge is 0.296 e. The first-order valence-corrected chi connectivity index (χ1v) is 7.23. The van der Waals surface area contributed by atoms with E-state index in [0.717, 1.165) is 5.56 Å². The van der Waals surface area contributed by atoms with E-state index in [1.807, 2.05) is 12.1 Å². The summed E-state index contributed by atoms with van der Waals surface area (Å²) in [5.74, 6) is -0.307. The molecule has 104 valence electrons. The highest BCUT2D eigenvalue weighted by Gasteiger charge is 2.13. The average Bonchev–Trinajstić information content (AvgIpc) is 2.97. The van der Waals surface area contributed by atoms with Gasteiger partial charge in [-0.25, -0.2) is 0 Å². The van der Waals surface area contributed by atoms with E-state index in [9.17, 15) is 4.79 Å². The van der Waals surface area contributed by atoms with Gasteiger partial charge in [0.2, 0.25) is 5.13 Å². The van der Waals surface area contributed by atoms with Crippen molar-refractivity contribution in [3.8, 4) is 10.6 Å². The minimum atomic E-state index is -0.307. The van der Waals surface area contributed by atoms with Crippen LogP contribution in [0.25, 0.3) is 10.6 Å². The molecule has 0 fully saturated rings. The molecule has 0 saturated carbocycles. The average molecular weight is 317 g/mol. The van der Waals surface area contributed by atoms with Crippen LogP contribution < -0.4 is 5.32 Å². The molecule has 0 bridgehead atoms. The van der Waals surface area contributed by atoms with Crippen molar-refractivity contribution in [2.75, 3.05) is 5.32 Å². The summed E-state index contributed by atoms with van der Waals surface area (Å²) < 4.78 is 0. The molecule has 0 atom stereocenters. The second kappa shape index (κ2) is 5.99. The number of nitrogens with one attached hydrogen (secondary N) is 1. The molecule has 0 aliphatic carbocycles. The highest BCUT2D eigenvalue weighted by atomic mass is 35.5. The Hall–Kier alpha value is -2.31. The van der Waals surface area contributed by atoms with Gasteiger partial charge in [0.25, 0.3) is 5.91 Å². The predicted molar refractivity (Wildman–Crippen MR) is 82.5 cm³/mol. The van der Waals surface area contributed by atoms with Crippen molar-refractivity contribution in [1.82, 2.24) is 15.2 Å². The van der Waals surface area contributed by atoms with Gasteiger partial charge >= 0.3 is 0 Å². The fraction of sp³-hybridized carbons (Fsp3) is 0. The second-order valence-corrected chi connectivity index (χ2v) is 5.47. The lowest BCUT2D eigenvalue weighted by Gasteiger charge is -2.02. The Balaban J connectivity index is 1.79. The van der Waals surface area contributed by atoms with Crippen molar-refractivity contribution >= 4 is 34.0 Å². The summed E-state index contributed by atoms with van der Waals surface area (Å²) in [6.45, 7) is 0. The van der Waals surface area contributed by atoms with Crippen molar-refractivity contribution in [3.63, 3.8) is 0 Å². The molecule has 1 aromatic carbocycles. The first-order valence-electron chi connectivity index (χ1n) is 6.04. The van der Waals surface area contributed by atoms with E-state index < -0.39 is 0 Å². The van der Waals surface area contributed by atoms with Crippen LogP contribution in [0.3, 0.4) is 0 Å². The summed E-state index contributed by atoms with van der Waals surface area (Å²) in [4.78, 5) is 16.1. The number of rotatable bonds is 3. The van der Waals surface area contributed by atoms with Gasteiger partial charge in [0.1, 0.15) is 5.01 Å². The van der Waals surface area contributed by atoms with Crippen molar-refractivity contribution in [2.45, 2.75) is 0 Å². The Bertz CT molecular complexity index is 775. The third-order valence-corrected chi connectivity index (χ3v) is 3.91. The summed E-state index contributed by atoms with van der Waals surface area (Å²) in [7, 11) is 0. The Morgan fingerprint density at radius 1 is 1.10 bits per heavy atom. The molecule has 0 aliphatic rings. The number of nitrogens with zero attached hydrogens (tertiary/aromatic N) is 3. The number of amides is 1. The first-order chi connectivity index (χ1) is 10.2. The van der Waals surface area contributed by atoms with E-state index in [4.69, 9.17) is 11.6 Å². The number of halogens is 1. The molecule has 0 spiro atoms. The molecule has 3 aromatic rings. The van der Waals surface area contributed by atoms with E-state index in [2.05, 4.69) is 20.5 Å². The molecule has 1 N–H and O–H groups in total. The summed E-state index contributed by atoms with van der Waals surface area (Å²) in [5, 5.41) is 12.2. The number of carbonyl (C=O) groups excluding carboxylic acids is 1. The van der Waals surface area contributed by atoms with Crippen LogP contribution in [-0.4, -0.2) is 21.1 Å². The van der Waals surface area contributed by atoms with E-state index >= 15 is 0 Å². The molecule has 0 radical (unpaired) electrons. The number of aromatic nitrogens is 3. The zero-order valence-electron chi connectivity index (χ0n) is 10.7. The quantitative estimate of drug-likeness (QED) is 0.803. The topological polar surface area (TPSA) is 67.8 Å². The van der Waals surface area contributed by atoms with E-state index in [1.165, 1.54) is 11.3 Å². The minimum Gasteiger partial charge on any atom is -0.296 e. The summed E-state index contributed by atoms with van der Waals surface area (Å²) in [5.41, 5.74) is 1.31. The van der Waals surface area contributed by atoms with Gasteiger partial charge < -0.3 is 0 Å². The van der Waals surface area contributed by atoms with E-state index in [-0.39, 0.29) is 5.91 Å². The number of hydrogen-bond acceptors (Lipinski definition) is 5. The fourth-order valence-electron chi connectivity index (χ4n) is 1.69. The molecule has 2 aromatic heterocycles. The monoisotopic (exact) mass is 316 g/mol. The molecule has 0 unspecified atom stereocenters. The van der Waals surface area contributed by atoms with Crippen molar-refractivity contribution < 1.29 is 4.79 Å². The smallest absolute Gasteiger partial charge is 0.259 e. The van der Waals surface area contributed by atoms with Crippen LogP contribution in [0, 0.1) is 0 Å². The SMILES string of the molecule is O=C(Nc1nnc(-c2ccncc2)s1)c1ccccc1Cl. The lowest BCUT2D eigenvalue weighted by molar-refractivity contribution is 0.102. The lowest BCUT2D eigenvalue weighted by Crippen LogP contribution is -2.12. The maximum absolute atomic E-state index is 12.1. The minimum absolute atomic E-state index is 0.307. The molecule has 21 heavy (non-hydrogen) atoms. The van der Waals surface area contributed by atoms with Gasteiger partial charge in [0.15, 0.2) is 0 Å². The van der Waals surface area contributed by atoms with Gasteiger partial charge in [-0.3, -0.25) is 15.1 Å². The number of carbonyl (C=O) groups is 1. The fourth-order valence-corrected chi connectivity index (χ4v) is 2.66. The Morgan fingerprint density at radius 3 is 2.62 bits per heavy atom. The summed E-state index contributed by atoms with van der Waals surface area (Å²) in [6.07, 6.45) is 3.36. The van der Waals surface area contributed by atoms with Gasteiger partial charge in [-0.15, -0.1) is 10.2 Å². The molecular weight excluding hydrogens is 308 g/mol. The molecule has 7 heteroatoms. The van der Waals surface area contributed by atoms with E-state index in [1.54, 1.807) is 36.7 Å². The zero-order valence-corrected chi connectivity index (χ0v) is 12.2. The van der Waals surface area contributed by atoms with Crippen molar-refractivity contribution in [2.24, 2.45) is 0 Å². The number of anilines is 1. The maximum atomic E-state index is 12.1. The molecule has 5 nitrogen and oxygen atoms in total. The predicted octanol–water partition coefficient (Wildman–Crippen LogP) is 3.51. The molecule has 0 saturated heterocycles. The highest BCUT2D eigenvalue weighted by molar-refractivity contribution is 7.18. The number of pyridine rings is 1. The van der Waals surface area contributed by atoms with Crippen LogP contribution in [0.15, 0.2) is 48.8 Å². The third kappa shape index (κ3) is 3.07. The normalized spacial score (nSPS) is 10.3. The van der Waals surface area contributed by atoms with E-state index in [0.29, 0.717) is 20.7 Å². The molecule has 3 rings (SSSR count). The molecule has 0 aliphatic heterocycles. The second-order valence-electron chi connectivity index (χ2n) is 4.08. The Kier molecular flexibility index (Phi) is 3.89. The van der Waals surface area contributed by atoms with Gasteiger partial charge in [-0.2, -0.15) is 0 Å². The Morgan fingerprint density at radius 2 is 1.86 bits per heavy atom. The van der Waals surface area contributed by atoms with Crippen LogP contribution >= 0.6 is 22.9 Å². The summed E-state index contributed by atoms with van der Waals surface area (Å²) in [6, 6.07) is 10.5. The first kappa shape index (κ1) is 13.7. The van der Waals surface area contributed by atoms with Crippen LogP contribution in [0.4, 0.5) is 5.13 Å². The van der Waals surface area contributed by atoms with Crippen molar-refractivity contribution in [3.05, 3.63) is 59.4 Å². The lowest BCUT2D eigenvalue weighted by atomic mass is 10.2.